The predicted octanol–water partition coefficient (Wildman–Crippen LogP) is 4.85. The molecule has 1 heterocycles. The summed E-state index contributed by atoms with van der Waals surface area (Å²) >= 11 is 0. The van der Waals surface area contributed by atoms with Crippen molar-refractivity contribution in [2.45, 2.75) is 18.0 Å². The van der Waals surface area contributed by atoms with Crippen molar-refractivity contribution in [1.82, 2.24) is 0 Å². The molecule has 0 aromatic heterocycles. The molecule has 0 bridgehead atoms. The molecule has 0 amide bonds. The average Bonchev–Trinajstić information content (AvgIpc) is 2.98. The number of nitrogens with zero attached hydrogens (tertiary/aromatic N) is 2. The summed E-state index contributed by atoms with van der Waals surface area (Å²) in [5.41, 5.74) is -5.36. The van der Waals surface area contributed by atoms with Gasteiger partial charge in [-0.05, 0) is 36.4 Å². The highest BCUT2D eigenvalue weighted by Crippen LogP contribution is 2.52. The highest BCUT2D eigenvalue weighted by atomic mass is 19.4. The summed E-state index contributed by atoms with van der Waals surface area (Å²) in [6.45, 7) is 0. The first kappa shape index (κ1) is 18.0. The number of alkyl halides is 6. The van der Waals surface area contributed by atoms with Gasteiger partial charge in [0.1, 0.15) is 5.82 Å². The Morgan fingerprint density at radius 2 is 1.35 bits per heavy atom. The molecule has 0 aliphatic carbocycles. The third-order valence-corrected chi connectivity index (χ3v) is 3.61. The van der Waals surface area contributed by atoms with Gasteiger partial charge in [0.25, 0.3) is 5.90 Å². The molecule has 0 radical (unpaired) electrons. The molecule has 2 aromatic rings. The fourth-order valence-electron chi connectivity index (χ4n) is 2.40. The van der Waals surface area contributed by atoms with Gasteiger partial charge in [0.15, 0.2) is 0 Å². The number of halogens is 7. The number of hydrogen-bond acceptors (Lipinski definition) is 3. The van der Waals surface area contributed by atoms with Gasteiger partial charge in [-0.15, -0.1) is 0 Å². The van der Waals surface area contributed by atoms with E-state index >= 15 is 0 Å². The van der Waals surface area contributed by atoms with Crippen LogP contribution in [-0.4, -0.2) is 23.9 Å². The maximum atomic E-state index is 13.6. The van der Waals surface area contributed by atoms with Crippen LogP contribution < -0.4 is 5.06 Å². The molecule has 26 heavy (non-hydrogen) atoms. The van der Waals surface area contributed by atoms with Crippen LogP contribution in [0.2, 0.25) is 0 Å². The monoisotopic (exact) mass is 378 g/mol. The fourth-order valence-corrected chi connectivity index (χ4v) is 2.40. The van der Waals surface area contributed by atoms with E-state index in [2.05, 4.69) is 4.99 Å². The Bertz CT molecular complexity index is 799. The van der Waals surface area contributed by atoms with E-state index < -0.39 is 35.4 Å². The van der Waals surface area contributed by atoms with E-state index in [-0.39, 0.29) is 10.6 Å². The van der Waals surface area contributed by atoms with Gasteiger partial charge in [-0.2, -0.15) is 36.4 Å². The first-order chi connectivity index (χ1) is 12.1. The highest BCUT2D eigenvalue weighted by Gasteiger charge is 2.79. The fraction of sp³-hybridized carbons (Fsp3) is 0.188. The SMILES string of the molecule is Fc1ccc(C2=NC(C(F)(F)F)(C(F)(F)F)N(c3ccccc3)O2)cc1. The Morgan fingerprint density at radius 3 is 1.85 bits per heavy atom. The Morgan fingerprint density at radius 1 is 0.808 bits per heavy atom. The molecule has 10 heteroatoms. The molecule has 2 aromatic carbocycles. The second-order valence-electron chi connectivity index (χ2n) is 5.31. The van der Waals surface area contributed by atoms with Crippen molar-refractivity contribution in [3.63, 3.8) is 0 Å². The van der Waals surface area contributed by atoms with Crippen LogP contribution in [0.25, 0.3) is 0 Å². The minimum absolute atomic E-state index is 0.234. The van der Waals surface area contributed by atoms with Gasteiger partial charge in [0.05, 0.1) is 5.69 Å². The van der Waals surface area contributed by atoms with Crippen LogP contribution in [-0.2, 0) is 4.84 Å². The summed E-state index contributed by atoms with van der Waals surface area (Å²) in [6.07, 6.45) is -11.7. The maximum absolute atomic E-state index is 13.6. The molecule has 0 atom stereocenters. The Labute approximate surface area is 142 Å². The Balaban J connectivity index is 2.21. The molecule has 0 unspecified atom stereocenters. The standard InChI is InChI=1S/C16H9F7N2O/c17-11-8-6-10(7-9-11)13-24-14(15(18,19)20,16(21,22)23)25(26-13)12-4-2-1-3-5-12/h1-9H. The third kappa shape index (κ3) is 2.74. The summed E-state index contributed by atoms with van der Waals surface area (Å²) in [6, 6.07) is 9.66. The van der Waals surface area contributed by atoms with Gasteiger partial charge >= 0.3 is 18.0 Å². The molecule has 3 nitrogen and oxygen atoms in total. The molecule has 0 N–H and O–H groups in total. The number of rotatable bonds is 2. The maximum Gasteiger partial charge on any atom is 0.445 e. The second-order valence-corrected chi connectivity index (χ2v) is 5.31. The first-order valence-electron chi connectivity index (χ1n) is 7.09. The lowest BCUT2D eigenvalue weighted by Crippen LogP contribution is -2.64. The van der Waals surface area contributed by atoms with Crippen molar-refractivity contribution in [1.29, 1.82) is 0 Å². The van der Waals surface area contributed by atoms with Gasteiger partial charge in [0.2, 0.25) is 0 Å². The topological polar surface area (TPSA) is 24.8 Å². The summed E-state index contributed by atoms with van der Waals surface area (Å²) in [5, 5.41) is -0.328. The number of aliphatic imine (C=N–C) groups is 1. The van der Waals surface area contributed by atoms with Crippen molar-refractivity contribution >= 4 is 11.6 Å². The van der Waals surface area contributed by atoms with E-state index in [0.29, 0.717) is 0 Å². The van der Waals surface area contributed by atoms with Crippen molar-refractivity contribution in [3.8, 4) is 0 Å². The number of benzene rings is 2. The van der Waals surface area contributed by atoms with E-state index in [1.54, 1.807) is 0 Å². The second kappa shape index (κ2) is 5.89. The number of para-hydroxylation sites is 1. The van der Waals surface area contributed by atoms with Crippen LogP contribution in [0.4, 0.5) is 36.4 Å². The summed E-state index contributed by atoms with van der Waals surface area (Å²) in [4.78, 5) is 7.73. The normalized spacial score (nSPS) is 17.0. The molecule has 138 valence electrons. The number of anilines is 1. The van der Waals surface area contributed by atoms with Crippen molar-refractivity contribution in [2.75, 3.05) is 5.06 Å². The lowest BCUT2D eigenvalue weighted by Gasteiger charge is -2.37. The number of hydrogen-bond donors (Lipinski definition) is 0. The van der Waals surface area contributed by atoms with E-state index in [4.69, 9.17) is 4.84 Å². The van der Waals surface area contributed by atoms with Crippen molar-refractivity contribution in [3.05, 3.63) is 66.0 Å². The third-order valence-electron chi connectivity index (χ3n) is 3.61. The molecule has 3 rings (SSSR count). The average molecular weight is 378 g/mol. The number of hydroxylamine groups is 1. The molecular formula is C16H9F7N2O. The van der Waals surface area contributed by atoms with Gasteiger partial charge in [-0.1, -0.05) is 18.2 Å². The predicted molar refractivity (Wildman–Crippen MR) is 77.8 cm³/mol. The highest BCUT2D eigenvalue weighted by molar-refractivity contribution is 5.96. The summed E-state index contributed by atoms with van der Waals surface area (Å²) in [5.74, 6) is -1.64. The first-order valence-corrected chi connectivity index (χ1v) is 7.09. The quantitative estimate of drug-likeness (QED) is 0.699. The molecule has 0 saturated carbocycles. The Hall–Kier alpha value is -2.78. The van der Waals surface area contributed by atoms with Crippen molar-refractivity contribution < 1.29 is 35.6 Å². The minimum atomic E-state index is -5.84. The van der Waals surface area contributed by atoms with E-state index in [9.17, 15) is 30.7 Å². The van der Waals surface area contributed by atoms with Gasteiger partial charge in [-0.25, -0.2) is 4.39 Å². The molecule has 0 fully saturated rings. The van der Waals surface area contributed by atoms with E-state index in [1.165, 1.54) is 18.2 Å². The Kier molecular flexibility index (Phi) is 4.08. The molecule has 1 aliphatic heterocycles. The molecule has 1 aliphatic rings. The smallest absolute Gasteiger partial charge is 0.356 e. The lowest BCUT2D eigenvalue weighted by atomic mass is 10.1. The van der Waals surface area contributed by atoms with Crippen LogP contribution in [0.1, 0.15) is 5.56 Å². The van der Waals surface area contributed by atoms with Crippen LogP contribution in [0, 0.1) is 5.82 Å². The zero-order valence-electron chi connectivity index (χ0n) is 12.6. The molecule has 0 spiro atoms. The molecular weight excluding hydrogens is 369 g/mol. The van der Waals surface area contributed by atoms with Crippen LogP contribution in [0.15, 0.2) is 59.6 Å². The van der Waals surface area contributed by atoms with Gasteiger partial charge < -0.3 is 4.84 Å². The summed E-state index contributed by atoms with van der Waals surface area (Å²) < 4.78 is 94.5. The van der Waals surface area contributed by atoms with E-state index in [0.717, 1.165) is 36.4 Å². The summed E-state index contributed by atoms with van der Waals surface area (Å²) in [7, 11) is 0. The van der Waals surface area contributed by atoms with Gasteiger partial charge in [-0.3, -0.25) is 0 Å². The van der Waals surface area contributed by atoms with E-state index in [1.807, 2.05) is 0 Å². The van der Waals surface area contributed by atoms with Crippen LogP contribution in [0.3, 0.4) is 0 Å². The van der Waals surface area contributed by atoms with Gasteiger partial charge in [0, 0.05) is 5.56 Å². The molecule has 0 saturated heterocycles. The van der Waals surface area contributed by atoms with Crippen molar-refractivity contribution in [2.24, 2.45) is 4.99 Å². The zero-order chi connectivity index (χ0) is 19.2. The minimum Gasteiger partial charge on any atom is -0.356 e. The van der Waals surface area contributed by atoms with Crippen LogP contribution >= 0.6 is 0 Å². The largest absolute Gasteiger partial charge is 0.445 e. The lowest BCUT2D eigenvalue weighted by molar-refractivity contribution is -0.301. The zero-order valence-corrected chi connectivity index (χ0v) is 12.6. The van der Waals surface area contributed by atoms with Crippen LogP contribution in [0.5, 0.6) is 0 Å².